The van der Waals surface area contributed by atoms with Gasteiger partial charge in [-0.1, -0.05) is 30.3 Å². The fraction of sp³-hybridized carbons (Fsp3) is 0.250. The molecule has 1 heterocycles. The standard InChI is InChI=1S/C12H15N5/c1-12(2,8-6-4-3-5-7-8)9-15-10(13)17-11(14)16-9/h3-7H,1-2H3,(H4,13,14,15,16,17). The maximum absolute atomic E-state index is 5.59. The van der Waals surface area contributed by atoms with E-state index >= 15 is 0 Å². The number of rotatable bonds is 2. The van der Waals surface area contributed by atoms with Crippen molar-refractivity contribution in [2.24, 2.45) is 0 Å². The molecular weight excluding hydrogens is 214 g/mol. The van der Waals surface area contributed by atoms with Crippen molar-refractivity contribution in [1.82, 2.24) is 15.0 Å². The van der Waals surface area contributed by atoms with Crippen molar-refractivity contribution in [2.45, 2.75) is 19.3 Å². The minimum absolute atomic E-state index is 0.150. The van der Waals surface area contributed by atoms with E-state index in [-0.39, 0.29) is 17.3 Å². The van der Waals surface area contributed by atoms with Gasteiger partial charge >= 0.3 is 0 Å². The lowest BCUT2D eigenvalue weighted by atomic mass is 9.84. The van der Waals surface area contributed by atoms with Crippen molar-refractivity contribution in [3.8, 4) is 0 Å². The van der Waals surface area contributed by atoms with E-state index in [2.05, 4.69) is 15.0 Å². The summed E-state index contributed by atoms with van der Waals surface area (Å²) in [7, 11) is 0. The van der Waals surface area contributed by atoms with Crippen molar-refractivity contribution in [3.63, 3.8) is 0 Å². The predicted molar refractivity (Wildman–Crippen MR) is 67.2 cm³/mol. The van der Waals surface area contributed by atoms with E-state index in [0.29, 0.717) is 5.82 Å². The lowest BCUT2D eigenvalue weighted by molar-refractivity contribution is 0.589. The third kappa shape index (κ3) is 2.18. The third-order valence-electron chi connectivity index (χ3n) is 2.72. The van der Waals surface area contributed by atoms with Crippen LogP contribution in [0.15, 0.2) is 30.3 Å². The SMILES string of the molecule is CC(C)(c1ccccc1)c1nc(N)nc(N)n1. The summed E-state index contributed by atoms with van der Waals surface area (Å²) in [5.74, 6) is 0.877. The minimum atomic E-state index is -0.355. The van der Waals surface area contributed by atoms with E-state index in [0.717, 1.165) is 5.56 Å². The molecule has 88 valence electrons. The monoisotopic (exact) mass is 229 g/mol. The molecule has 17 heavy (non-hydrogen) atoms. The van der Waals surface area contributed by atoms with Crippen molar-refractivity contribution in [1.29, 1.82) is 0 Å². The van der Waals surface area contributed by atoms with Crippen molar-refractivity contribution < 1.29 is 0 Å². The Labute approximate surface area is 99.9 Å². The number of anilines is 2. The first-order valence-corrected chi connectivity index (χ1v) is 5.33. The first-order valence-electron chi connectivity index (χ1n) is 5.33. The van der Waals surface area contributed by atoms with Crippen molar-refractivity contribution in [3.05, 3.63) is 41.7 Å². The molecule has 0 aliphatic rings. The molecule has 2 aromatic rings. The summed E-state index contributed by atoms with van der Waals surface area (Å²) in [6, 6.07) is 9.97. The summed E-state index contributed by atoms with van der Waals surface area (Å²) < 4.78 is 0. The van der Waals surface area contributed by atoms with Gasteiger partial charge in [0.15, 0.2) is 0 Å². The Morgan fingerprint density at radius 1 is 0.882 bits per heavy atom. The van der Waals surface area contributed by atoms with Gasteiger partial charge in [-0.15, -0.1) is 0 Å². The van der Waals surface area contributed by atoms with Gasteiger partial charge in [0.2, 0.25) is 11.9 Å². The van der Waals surface area contributed by atoms with E-state index in [1.807, 2.05) is 44.2 Å². The maximum Gasteiger partial charge on any atom is 0.225 e. The van der Waals surface area contributed by atoms with E-state index in [9.17, 15) is 0 Å². The first kappa shape index (κ1) is 11.3. The highest BCUT2D eigenvalue weighted by Crippen LogP contribution is 2.28. The second-order valence-electron chi connectivity index (χ2n) is 4.37. The largest absolute Gasteiger partial charge is 0.368 e. The van der Waals surface area contributed by atoms with Gasteiger partial charge in [-0.25, -0.2) is 0 Å². The van der Waals surface area contributed by atoms with Crippen molar-refractivity contribution >= 4 is 11.9 Å². The molecule has 1 aromatic heterocycles. The number of nitrogens with zero attached hydrogens (tertiary/aromatic N) is 3. The summed E-state index contributed by atoms with van der Waals surface area (Å²) in [6.07, 6.45) is 0. The van der Waals surface area contributed by atoms with Gasteiger partial charge in [-0.05, 0) is 19.4 Å². The van der Waals surface area contributed by atoms with Gasteiger partial charge < -0.3 is 11.5 Å². The molecule has 0 atom stereocenters. The van der Waals surface area contributed by atoms with Gasteiger partial charge in [0, 0.05) is 5.41 Å². The molecule has 0 aliphatic heterocycles. The molecule has 5 heteroatoms. The topological polar surface area (TPSA) is 90.7 Å². The van der Waals surface area contributed by atoms with Crippen LogP contribution in [-0.2, 0) is 5.41 Å². The van der Waals surface area contributed by atoms with Gasteiger partial charge in [0.25, 0.3) is 0 Å². The summed E-state index contributed by atoms with van der Waals surface area (Å²) in [6.45, 7) is 4.05. The molecule has 0 unspecified atom stereocenters. The van der Waals surface area contributed by atoms with Crippen LogP contribution in [0.25, 0.3) is 0 Å². The zero-order chi connectivity index (χ0) is 12.5. The summed E-state index contributed by atoms with van der Waals surface area (Å²) in [4.78, 5) is 12.1. The third-order valence-corrected chi connectivity index (χ3v) is 2.72. The molecule has 0 spiro atoms. The zero-order valence-corrected chi connectivity index (χ0v) is 9.88. The van der Waals surface area contributed by atoms with Crippen LogP contribution in [0.4, 0.5) is 11.9 Å². The normalized spacial score (nSPS) is 11.4. The maximum atomic E-state index is 5.59. The molecule has 0 bridgehead atoms. The quantitative estimate of drug-likeness (QED) is 0.811. The smallest absolute Gasteiger partial charge is 0.225 e. The van der Waals surface area contributed by atoms with Gasteiger partial charge in [0.1, 0.15) is 5.82 Å². The Bertz CT molecular complexity index is 501. The average Bonchev–Trinajstić information content (AvgIpc) is 2.29. The van der Waals surface area contributed by atoms with Crippen LogP contribution in [0.5, 0.6) is 0 Å². The van der Waals surface area contributed by atoms with E-state index in [1.54, 1.807) is 0 Å². The predicted octanol–water partition coefficient (Wildman–Crippen LogP) is 1.36. The Hall–Kier alpha value is -2.17. The Morgan fingerprint density at radius 2 is 1.41 bits per heavy atom. The zero-order valence-electron chi connectivity index (χ0n) is 9.88. The van der Waals surface area contributed by atoms with Crippen LogP contribution in [0.2, 0.25) is 0 Å². The Kier molecular flexibility index (Phi) is 2.67. The van der Waals surface area contributed by atoms with Gasteiger partial charge in [-0.2, -0.15) is 15.0 Å². The Balaban J connectivity index is 2.51. The number of hydrogen-bond donors (Lipinski definition) is 2. The fourth-order valence-electron chi connectivity index (χ4n) is 1.67. The van der Waals surface area contributed by atoms with E-state index in [1.165, 1.54) is 0 Å². The second kappa shape index (κ2) is 4.01. The summed E-state index contributed by atoms with van der Waals surface area (Å²) in [5.41, 5.74) is 11.9. The van der Waals surface area contributed by atoms with Gasteiger partial charge in [-0.3, -0.25) is 0 Å². The van der Waals surface area contributed by atoms with Gasteiger partial charge in [0.05, 0.1) is 0 Å². The van der Waals surface area contributed by atoms with E-state index in [4.69, 9.17) is 11.5 Å². The van der Waals surface area contributed by atoms with Crippen LogP contribution in [0.3, 0.4) is 0 Å². The fourth-order valence-corrected chi connectivity index (χ4v) is 1.67. The van der Waals surface area contributed by atoms with Crippen LogP contribution >= 0.6 is 0 Å². The molecular formula is C12H15N5. The average molecular weight is 229 g/mol. The molecule has 4 N–H and O–H groups in total. The number of nitrogens with two attached hydrogens (primary N) is 2. The molecule has 0 saturated heterocycles. The second-order valence-corrected chi connectivity index (χ2v) is 4.37. The molecule has 1 aromatic carbocycles. The highest BCUT2D eigenvalue weighted by molar-refractivity contribution is 5.35. The van der Waals surface area contributed by atoms with Crippen LogP contribution in [0.1, 0.15) is 25.2 Å². The number of benzene rings is 1. The van der Waals surface area contributed by atoms with Crippen molar-refractivity contribution in [2.75, 3.05) is 11.5 Å². The number of aromatic nitrogens is 3. The molecule has 0 saturated carbocycles. The Morgan fingerprint density at radius 3 is 1.94 bits per heavy atom. The highest BCUT2D eigenvalue weighted by Gasteiger charge is 2.27. The van der Waals surface area contributed by atoms with Crippen LogP contribution in [-0.4, -0.2) is 15.0 Å². The molecule has 5 nitrogen and oxygen atoms in total. The molecule has 2 rings (SSSR count). The van der Waals surface area contributed by atoms with Crippen LogP contribution < -0.4 is 11.5 Å². The molecule has 0 fully saturated rings. The lowest BCUT2D eigenvalue weighted by Crippen LogP contribution is -2.24. The molecule has 0 amide bonds. The number of nitrogen functional groups attached to an aromatic ring is 2. The number of hydrogen-bond acceptors (Lipinski definition) is 5. The lowest BCUT2D eigenvalue weighted by Gasteiger charge is -2.23. The highest BCUT2D eigenvalue weighted by atomic mass is 15.1. The summed E-state index contributed by atoms with van der Waals surface area (Å²) >= 11 is 0. The molecule has 0 aliphatic carbocycles. The van der Waals surface area contributed by atoms with Crippen LogP contribution in [0, 0.1) is 0 Å². The summed E-state index contributed by atoms with van der Waals surface area (Å²) in [5, 5.41) is 0. The first-order chi connectivity index (χ1) is 8.00. The van der Waals surface area contributed by atoms with E-state index < -0.39 is 0 Å². The minimum Gasteiger partial charge on any atom is -0.368 e. The molecule has 0 radical (unpaired) electrons.